The fourth-order valence-corrected chi connectivity index (χ4v) is 3.14. The monoisotopic (exact) mass is 296 g/mol. The molecule has 0 aliphatic carbocycles. The number of hydrogen-bond acceptors (Lipinski definition) is 5. The Kier molecular flexibility index (Phi) is 4.10. The van der Waals surface area contributed by atoms with Crippen molar-refractivity contribution in [3.05, 3.63) is 16.3 Å². The minimum Gasteiger partial charge on any atom is -0.373 e. The van der Waals surface area contributed by atoms with Gasteiger partial charge in [0.2, 0.25) is 0 Å². The van der Waals surface area contributed by atoms with E-state index >= 15 is 0 Å². The van der Waals surface area contributed by atoms with Crippen LogP contribution in [0.2, 0.25) is 5.15 Å². The highest BCUT2D eigenvalue weighted by molar-refractivity contribution is 6.30. The SMILES string of the molecule is Cc1c(Cl)nnc(NCC2CN3CCCC3CO2)c1C. The summed E-state index contributed by atoms with van der Waals surface area (Å²) >= 11 is 5.96. The molecule has 2 aliphatic heterocycles. The van der Waals surface area contributed by atoms with E-state index in [0.717, 1.165) is 36.6 Å². The van der Waals surface area contributed by atoms with E-state index in [-0.39, 0.29) is 6.10 Å². The highest BCUT2D eigenvalue weighted by Gasteiger charge is 2.32. The number of nitrogens with one attached hydrogen (secondary N) is 1. The fourth-order valence-electron chi connectivity index (χ4n) is 2.96. The van der Waals surface area contributed by atoms with Crippen LogP contribution in [0.15, 0.2) is 0 Å². The molecule has 3 heterocycles. The van der Waals surface area contributed by atoms with Crippen LogP contribution in [0, 0.1) is 13.8 Å². The van der Waals surface area contributed by atoms with Crippen LogP contribution in [-0.4, -0.2) is 53.5 Å². The van der Waals surface area contributed by atoms with Crippen molar-refractivity contribution in [2.24, 2.45) is 0 Å². The third kappa shape index (κ3) is 2.75. The first-order valence-corrected chi connectivity index (χ1v) is 7.62. The summed E-state index contributed by atoms with van der Waals surface area (Å²) in [5.41, 5.74) is 2.04. The van der Waals surface area contributed by atoms with Gasteiger partial charge in [-0.25, -0.2) is 0 Å². The van der Waals surface area contributed by atoms with E-state index in [2.05, 4.69) is 20.4 Å². The van der Waals surface area contributed by atoms with Crippen LogP contribution >= 0.6 is 11.6 Å². The maximum atomic E-state index is 5.96. The van der Waals surface area contributed by atoms with Gasteiger partial charge in [0, 0.05) is 19.1 Å². The number of rotatable bonds is 3. The van der Waals surface area contributed by atoms with Gasteiger partial charge in [-0.2, -0.15) is 0 Å². The highest BCUT2D eigenvalue weighted by atomic mass is 35.5. The largest absolute Gasteiger partial charge is 0.373 e. The van der Waals surface area contributed by atoms with Crippen molar-refractivity contribution in [1.82, 2.24) is 15.1 Å². The molecule has 0 aromatic carbocycles. The first-order chi connectivity index (χ1) is 9.65. The normalized spacial score (nSPS) is 26.6. The quantitative estimate of drug-likeness (QED) is 0.925. The molecule has 110 valence electrons. The van der Waals surface area contributed by atoms with Crippen LogP contribution in [0.5, 0.6) is 0 Å². The van der Waals surface area contributed by atoms with Crippen LogP contribution in [0.25, 0.3) is 0 Å². The number of anilines is 1. The lowest BCUT2D eigenvalue weighted by molar-refractivity contribution is -0.0416. The first kappa shape index (κ1) is 14.0. The van der Waals surface area contributed by atoms with Gasteiger partial charge < -0.3 is 10.1 Å². The van der Waals surface area contributed by atoms with E-state index < -0.39 is 0 Å². The topological polar surface area (TPSA) is 50.3 Å². The van der Waals surface area contributed by atoms with Crippen LogP contribution in [0.4, 0.5) is 5.82 Å². The molecule has 6 heteroatoms. The zero-order valence-electron chi connectivity index (χ0n) is 12.0. The molecular weight excluding hydrogens is 276 g/mol. The Hall–Kier alpha value is -0.910. The molecule has 0 bridgehead atoms. The molecule has 2 atom stereocenters. The zero-order valence-corrected chi connectivity index (χ0v) is 12.8. The van der Waals surface area contributed by atoms with Gasteiger partial charge in [0.25, 0.3) is 0 Å². The maximum Gasteiger partial charge on any atom is 0.155 e. The van der Waals surface area contributed by atoms with Crippen molar-refractivity contribution in [3.63, 3.8) is 0 Å². The van der Waals surface area contributed by atoms with E-state index in [1.165, 1.54) is 19.4 Å². The molecule has 20 heavy (non-hydrogen) atoms. The Labute approximate surface area is 124 Å². The number of ether oxygens (including phenoxy) is 1. The summed E-state index contributed by atoms with van der Waals surface area (Å²) in [6, 6.07) is 0.644. The van der Waals surface area contributed by atoms with Gasteiger partial charge in [0.05, 0.1) is 12.7 Å². The van der Waals surface area contributed by atoms with E-state index in [1.54, 1.807) is 0 Å². The Balaban J connectivity index is 1.58. The third-order valence-electron chi connectivity index (χ3n) is 4.42. The van der Waals surface area contributed by atoms with Gasteiger partial charge >= 0.3 is 0 Å². The Morgan fingerprint density at radius 3 is 3.05 bits per heavy atom. The number of fused-ring (bicyclic) bond motifs is 1. The number of nitrogens with zero attached hydrogens (tertiary/aromatic N) is 3. The van der Waals surface area contributed by atoms with Gasteiger partial charge in [0.15, 0.2) is 11.0 Å². The average Bonchev–Trinajstić information content (AvgIpc) is 2.91. The predicted octanol–water partition coefficient (Wildman–Crippen LogP) is 2.02. The minimum atomic E-state index is 0.224. The molecule has 2 saturated heterocycles. The smallest absolute Gasteiger partial charge is 0.155 e. The van der Waals surface area contributed by atoms with E-state index in [0.29, 0.717) is 11.2 Å². The van der Waals surface area contributed by atoms with Crippen molar-refractivity contribution >= 4 is 17.4 Å². The molecule has 0 spiro atoms. The van der Waals surface area contributed by atoms with Crippen molar-refractivity contribution in [3.8, 4) is 0 Å². The Morgan fingerprint density at radius 1 is 1.35 bits per heavy atom. The van der Waals surface area contributed by atoms with Crippen LogP contribution < -0.4 is 5.32 Å². The third-order valence-corrected chi connectivity index (χ3v) is 4.78. The van der Waals surface area contributed by atoms with Crippen LogP contribution in [-0.2, 0) is 4.74 Å². The van der Waals surface area contributed by atoms with E-state index in [4.69, 9.17) is 16.3 Å². The summed E-state index contributed by atoms with van der Waals surface area (Å²) in [5.74, 6) is 0.805. The maximum absolute atomic E-state index is 5.96. The minimum absolute atomic E-state index is 0.224. The molecule has 0 amide bonds. The van der Waals surface area contributed by atoms with Crippen molar-refractivity contribution in [2.45, 2.75) is 38.8 Å². The van der Waals surface area contributed by atoms with Gasteiger partial charge in [-0.05, 0) is 44.4 Å². The number of halogens is 1. The number of aromatic nitrogens is 2. The summed E-state index contributed by atoms with van der Waals surface area (Å²) in [6.45, 7) is 7.82. The lowest BCUT2D eigenvalue weighted by atomic mass is 10.1. The van der Waals surface area contributed by atoms with Gasteiger partial charge in [-0.15, -0.1) is 10.2 Å². The molecule has 1 N–H and O–H groups in total. The second-order valence-corrected chi connectivity index (χ2v) is 6.07. The van der Waals surface area contributed by atoms with Crippen molar-refractivity contribution in [2.75, 3.05) is 31.6 Å². The van der Waals surface area contributed by atoms with Crippen molar-refractivity contribution < 1.29 is 4.74 Å². The lowest BCUT2D eigenvalue weighted by Gasteiger charge is -2.35. The Morgan fingerprint density at radius 2 is 2.20 bits per heavy atom. The lowest BCUT2D eigenvalue weighted by Crippen LogP contribution is -2.48. The molecule has 1 aromatic rings. The average molecular weight is 297 g/mol. The first-order valence-electron chi connectivity index (χ1n) is 7.24. The second-order valence-electron chi connectivity index (χ2n) is 5.72. The summed E-state index contributed by atoms with van der Waals surface area (Å²) < 4.78 is 5.93. The van der Waals surface area contributed by atoms with Gasteiger partial charge in [-0.1, -0.05) is 11.6 Å². The molecule has 0 radical (unpaired) electrons. The standard InChI is InChI=1S/C14H21ClN4O/c1-9-10(2)14(18-17-13(9)15)16-6-12-7-19-5-3-4-11(19)8-20-12/h11-12H,3-8H2,1-2H3,(H,16,18). The number of hydrogen-bond donors (Lipinski definition) is 1. The molecule has 3 rings (SSSR count). The van der Waals surface area contributed by atoms with Gasteiger partial charge in [0.1, 0.15) is 0 Å². The molecule has 2 fully saturated rings. The summed E-state index contributed by atoms with van der Waals surface area (Å²) in [7, 11) is 0. The second kappa shape index (κ2) is 5.84. The fraction of sp³-hybridized carbons (Fsp3) is 0.714. The van der Waals surface area contributed by atoms with Crippen molar-refractivity contribution in [1.29, 1.82) is 0 Å². The highest BCUT2D eigenvalue weighted by Crippen LogP contribution is 2.24. The number of morpholine rings is 1. The summed E-state index contributed by atoms with van der Waals surface area (Å²) in [6.07, 6.45) is 2.80. The molecule has 2 unspecified atom stereocenters. The summed E-state index contributed by atoms with van der Waals surface area (Å²) in [4.78, 5) is 2.54. The van der Waals surface area contributed by atoms with E-state index in [1.807, 2.05) is 13.8 Å². The molecule has 5 nitrogen and oxygen atoms in total. The molecular formula is C14H21ClN4O. The summed E-state index contributed by atoms with van der Waals surface area (Å²) in [5, 5.41) is 11.9. The zero-order chi connectivity index (χ0) is 14.1. The molecule has 1 aromatic heterocycles. The predicted molar refractivity (Wildman–Crippen MR) is 79.3 cm³/mol. The van der Waals surface area contributed by atoms with Crippen LogP contribution in [0.1, 0.15) is 24.0 Å². The Bertz CT molecular complexity index is 496. The molecule has 2 aliphatic rings. The van der Waals surface area contributed by atoms with Crippen LogP contribution in [0.3, 0.4) is 0 Å². The van der Waals surface area contributed by atoms with Gasteiger partial charge in [-0.3, -0.25) is 4.90 Å². The molecule has 0 saturated carbocycles. The van der Waals surface area contributed by atoms with E-state index in [9.17, 15) is 0 Å².